The molecule has 0 aliphatic heterocycles. The highest BCUT2D eigenvalue weighted by atomic mass is 35.5. The van der Waals surface area contributed by atoms with E-state index in [0.29, 0.717) is 11.5 Å². The topological polar surface area (TPSA) is 96.7 Å². The molecule has 2 N–H and O–H groups in total. The molecule has 1 unspecified atom stereocenters. The number of aromatic nitrogens is 3. The molecular weight excluding hydrogens is 258 g/mol. The van der Waals surface area contributed by atoms with E-state index < -0.39 is 4.92 Å². The van der Waals surface area contributed by atoms with Gasteiger partial charge in [0.05, 0.1) is 21.7 Å². The maximum Gasteiger partial charge on any atom is 0.271 e. The first-order chi connectivity index (χ1) is 8.58. The fourth-order valence-corrected chi connectivity index (χ4v) is 1.69. The van der Waals surface area contributed by atoms with Crippen LogP contribution in [0.1, 0.15) is 18.8 Å². The fourth-order valence-electron chi connectivity index (χ4n) is 1.46. The van der Waals surface area contributed by atoms with Crippen LogP contribution in [0, 0.1) is 10.1 Å². The summed E-state index contributed by atoms with van der Waals surface area (Å²) in [6.07, 6.45) is 1.41. The standard InChI is InChI=1S/C10H10ClN5O2/c1-6(10-12-5-13-15-10)14-9-3-2-7(16(17)18)4-8(9)11/h2-6,14H,1H3,(H,12,13,15). The number of halogens is 1. The quantitative estimate of drug-likeness (QED) is 0.655. The molecule has 0 aliphatic carbocycles. The van der Waals surface area contributed by atoms with Crippen LogP contribution in [0.3, 0.4) is 0 Å². The number of nitrogens with zero attached hydrogens (tertiary/aromatic N) is 3. The molecule has 0 amide bonds. The summed E-state index contributed by atoms with van der Waals surface area (Å²) in [4.78, 5) is 14.1. The Morgan fingerprint density at radius 1 is 1.56 bits per heavy atom. The van der Waals surface area contributed by atoms with E-state index in [1.165, 1.54) is 18.5 Å². The first kappa shape index (κ1) is 12.3. The van der Waals surface area contributed by atoms with Crippen LogP contribution in [0.4, 0.5) is 11.4 Å². The highest BCUT2D eigenvalue weighted by Gasteiger charge is 2.13. The van der Waals surface area contributed by atoms with Crippen molar-refractivity contribution in [1.29, 1.82) is 0 Å². The number of rotatable bonds is 4. The smallest absolute Gasteiger partial charge is 0.271 e. The normalized spacial score (nSPS) is 12.1. The molecule has 0 fully saturated rings. The van der Waals surface area contributed by atoms with Gasteiger partial charge in [-0.15, -0.1) is 0 Å². The molecule has 0 aliphatic rings. The molecular formula is C10H10ClN5O2. The van der Waals surface area contributed by atoms with Crippen LogP contribution < -0.4 is 5.32 Å². The van der Waals surface area contributed by atoms with E-state index in [0.717, 1.165) is 0 Å². The summed E-state index contributed by atoms with van der Waals surface area (Å²) in [5.74, 6) is 0.657. The zero-order valence-corrected chi connectivity index (χ0v) is 10.2. The molecule has 7 nitrogen and oxygen atoms in total. The van der Waals surface area contributed by atoms with Crippen molar-refractivity contribution in [3.05, 3.63) is 45.5 Å². The molecule has 2 aromatic rings. The van der Waals surface area contributed by atoms with Crippen LogP contribution in [0.15, 0.2) is 24.5 Å². The van der Waals surface area contributed by atoms with E-state index in [4.69, 9.17) is 11.6 Å². The monoisotopic (exact) mass is 267 g/mol. The first-order valence-electron chi connectivity index (χ1n) is 5.13. The average molecular weight is 268 g/mol. The predicted octanol–water partition coefficient (Wildman–Crippen LogP) is 2.54. The second kappa shape index (κ2) is 5.01. The zero-order valence-electron chi connectivity index (χ0n) is 9.42. The fraction of sp³-hybridized carbons (Fsp3) is 0.200. The zero-order chi connectivity index (χ0) is 13.1. The molecule has 2 rings (SSSR count). The summed E-state index contributed by atoms with van der Waals surface area (Å²) < 4.78 is 0. The summed E-state index contributed by atoms with van der Waals surface area (Å²) in [5, 5.41) is 20.4. The van der Waals surface area contributed by atoms with Crippen molar-refractivity contribution in [2.75, 3.05) is 5.32 Å². The van der Waals surface area contributed by atoms with Crippen LogP contribution in [0.25, 0.3) is 0 Å². The van der Waals surface area contributed by atoms with Crippen molar-refractivity contribution < 1.29 is 4.92 Å². The summed E-state index contributed by atoms with van der Waals surface area (Å²) in [5.41, 5.74) is 0.559. The first-order valence-corrected chi connectivity index (χ1v) is 5.51. The van der Waals surface area contributed by atoms with Crippen molar-refractivity contribution in [2.24, 2.45) is 0 Å². The van der Waals surface area contributed by atoms with Crippen molar-refractivity contribution in [2.45, 2.75) is 13.0 Å². The molecule has 0 radical (unpaired) electrons. The Balaban J connectivity index is 2.17. The van der Waals surface area contributed by atoms with Gasteiger partial charge in [0.1, 0.15) is 12.2 Å². The van der Waals surface area contributed by atoms with Gasteiger partial charge in [-0.25, -0.2) is 4.98 Å². The minimum absolute atomic E-state index is 0.0436. The van der Waals surface area contributed by atoms with Crippen molar-refractivity contribution >= 4 is 23.0 Å². The number of H-pyrrole nitrogens is 1. The van der Waals surface area contributed by atoms with Gasteiger partial charge < -0.3 is 5.32 Å². The summed E-state index contributed by atoms with van der Waals surface area (Å²) in [7, 11) is 0. The number of nitro benzene ring substituents is 1. The predicted molar refractivity (Wildman–Crippen MR) is 66.5 cm³/mol. The molecule has 0 bridgehead atoms. The van der Waals surface area contributed by atoms with Crippen molar-refractivity contribution in [1.82, 2.24) is 15.2 Å². The third-order valence-electron chi connectivity index (χ3n) is 2.38. The Bertz CT molecular complexity index is 557. The third kappa shape index (κ3) is 2.57. The Labute approximate surface area is 107 Å². The lowest BCUT2D eigenvalue weighted by Crippen LogP contribution is -2.08. The molecule has 1 aromatic carbocycles. The largest absolute Gasteiger partial charge is 0.374 e. The Morgan fingerprint density at radius 2 is 2.33 bits per heavy atom. The average Bonchev–Trinajstić information content (AvgIpc) is 2.85. The Kier molecular flexibility index (Phi) is 3.42. The molecule has 8 heteroatoms. The number of aromatic amines is 1. The van der Waals surface area contributed by atoms with Gasteiger partial charge in [0, 0.05) is 12.1 Å². The summed E-state index contributed by atoms with van der Waals surface area (Å²) in [6, 6.07) is 4.12. The second-order valence-corrected chi connectivity index (χ2v) is 4.07. The van der Waals surface area contributed by atoms with Crippen LogP contribution in [0.5, 0.6) is 0 Å². The van der Waals surface area contributed by atoms with Gasteiger partial charge >= 0.3 is 0 Å². The number of nitrogens with one attached hydrogen (secondary N) is 2. The van der Waals surface area contributed by atoms with E-state index in [9.17, 15) is 10.1 Å². The SMILES string of the molecule is CC(Nc1ccc([N+](=O)[O-])cc1Cl)c1ncn[nH]1. The van der Waals surface area contributed by atoms with E-state index in [1.807, 2.05) is 6.92 Å². The number of benzene rings is 1. The van der Waals surface area contributed by atoms with Crippen LogP contribution in [0.2, 0.25) is 5.02 Å². The molecule has 0 spiro atoms. The highest BCUT2D eigenvalue weighted by Crippen LogP contribution is 2.28. The Hall–Kier alpha value is -2.15. The summed E-state index contributed by atoms with van der Waals surface area (Å²) in [6.45, 7) is 1.87. The van der Waals surface area contributed by atoms with Gasteiger partial charge in [0.2, 0.25) is 0 Å². The number of hydrogen-bond donors (Lipinski definition) is 2. The number of non-ortho nitro benzene ring substituents is 1. The third-order valence-corrected chi connectivity index (χ3v) is 2.69. The van der Waals surface area contributed by atoms with Crippen molar-refractivity contribution in [3.63, 3.8) is 0 Å². The summed E-state index contributed by atoms with van der Waals surface area (Å²) >= 11 is 5.97. The van der Waals surface area contributed by atoms with Gasteiger partial charge in [-0.2, -0.15) is 5.10 Å². The molecule has 1 aromatic heterocycles. The minimum atomic E-state index is -0.491. The van der Waals surface area contributed by atoms with E-state index in [-0.39, 0.29) is 16.8 Å². The molecule has 18 heavy (non-hydrogen) atoms. The lowest BCUT2D eigenvalue weighted by molar-refractivity contribution is -0.384. The molecule has 0 saturated heterocycles. The maximum absolute atomic E-state index is 10.6. The van der Waals surface area contributed by atoms with E-state index >= 15 is 0 Å². The molecule has 1 atom stereocenters. The lowest BCUT2D eigenvalue weighted by atomic mass is 10.2. The lowest BCUT2D eigenvalue weighted by Gasteiger charge is -2.13. The van der Waals surface area contributed by atoms with Gasteiger partial charge in [-0.05, 0) is 13.0 Å². The van der Waals surface area contributed by atoms with Crippen LogP contribution in [-0.2, 0) is 0 Å². The molecule has 1 heterocycles. The number of hydrogen-bond acceptors (Lipinski definition) is 5. The van der Waals surface area contributed by atoms with Gasteiger partial charge in [-0.3, -0.25) is 15.2 Å². The van der Waals surface area contributed by atoms with Crippen molar-refractivity contribution in [3.8, 4) is 0 Å². The van der Waals surface area contributed by atoms with Gasteiger partial charge in [-0.1, -0.05) is 11.6 Å². The van der Waals surface area contributed by atoms with E-state index in [2.05, 4.69) is 20.5 Å². The maximum atomic E-state index is 10.6. The second-order valence-electron chi connectivity index (χ2n) is 3.66. The van der Waals surface area contributed by atoms with Gasteiger partial charge in [0.25, 0.3) is 5.69 Å². The van der Waals surface area contributed by atoms with Crippen LogP contribution >= 0.6 is 11.6 Å². The van der Waals surface area contributed by atoms with E-state index in [1.54, 1.807) is 6.07 Å². The van der Waals surface area contributed by atoms with Crippen LogP contribution in [-0.4, -0.2) is 20.1 Å². The van der Waals surface area contributed by atoms with Gasteiger partial charge in [0.15, 0.2) is 0 Å². The minimum Gasteiger partial charge on any atom is -0.374 e. The highest BCUT2D eigenvalue weighted by molar-refractivity contribution is 6.33. The molecule has 0 saturated carbocycles. The molecule has 94 valence electrons. The Morgan fingerprint density at radius 3 is 2.89 bits per heavy atom. The number of nitro groups is 1. The number of anilines is 1.